The summed E-state index contributed by atoms with van der Waals surface area (Å²) in [6.45, 7) is 0.908. The van der Waals surface area contributed by atoms with Gasteiger partial charge in [-0.05, 0) is 12.1 Å². The molecule has 1 aliphatic rings. The Bertz CT molecular complexity index is 530. The molecular formula is C14H18N2O4. The second-order valence-corrected chi connectivity index (χ2v) is 4.69. The first-order valence-corrected chi connectivity index (χ1v) is 6.44. The molecule has 1 amide bonds. The number of methoxy groups -OCH3 is 1. The van der Waals surface area contributed by atoms with Crippen LogP contribution in [0.3, 0.4) is 0 Å². The number of carbonyl (C=O) groups is 2. The fourth-order valence-corrected chi connectivity index (χ4v) is 2.28. The molecule has 0 radical (unpaired) electrons. The third kappa shape index (κ3) is 2.84. The van der Waals surface area contributed by atoms with E-state index in [0.717, 1.165) is 11.4 Å². The quantitative estimate of drug-likeness (QED) is 0.900. The molecule has 6 nitrogen and oxygen atoms in total. The van der Waals surface area contributed by atoms with E-state index < -0.39 is 5.97 Å². The Kier molecular flexibility index (Phi) is 4.12. The van der Waals surface area contributed by atoms with Crippen LogP contribution in [0, 0.1) is 0 Å². The van der Waals surface area contributed by atoms with E-state index in [1.54, 1.807) is 25.1 Å². The minimum absolute atomic E-state index is 0.0114. The van der Waals surface area contributed by atoms with Gasteiger partial charge >= 0.3 is 5.97 Å². The number of aliphatic carboxylic acids is 1. The predicted octanol–water partition coefficient (Wildman–Crippen LogP) is 1.34. The maximum Gasteiger partial charge on any atom is 0.305 e. The monoisotopic (exact) mass is 278 g/mol. The van der Waals surface area contributed by atoms with Gasteiger partial charge in [-0.1, -0.05) is 0 Å². The fourth-order valence-electron chi connectivity index (χ4n) is 2.28. The lowest BCUT2D eigenvalue weighted by Gasteiger charge is -2.25. The Morgan fingerprint density at radius 3 is 2.80 bits per heavy atom. The van der Waals surface area contributed by atoms with Crippen molar-refractivity contribution in [3.63, 3.8) is 0 Å². The van der Waals surface area contributed by atoms with E-state index in [0.29, 0.717) is 25.3 Å². The van der Waals surface area contributed by atoms with Crippen LogP contribution in [0.25, 0.3) is 0 Å². The molecular weight excluding hydrogens is 260 g/mol. The first-order chi connectivity index (χ1) is 9.52. The SMILES string of the molecule is COc1ccc2c(c1)N(C)C(=O)CCN2CCC(=O)O. The molecule has 0 aliphatic carbocycles. The van der Waals surface area contributed by atoms with Crippen LogP contribution >= 0.6 is 0 Å². The average Bonchev–Trinajstić information content (AvgIpc) is 2.56. The number of carboxylic acid groups (broad SMARTS) is 1. The van der Waals surface area contributed by atoms with Crippen molar-refractivity contribution in [3.05, 3.63) is 18.2 Å². The minimum Gasteiger partial charge on any atom is -0.497 e. The van der Waals surface area contributed by atoms with Gasteiger partial charge in [0, 0.05) is 32.6 Å². The van der Waals surface area contributed by atoms with E-state index in [9.17, 15) is 9.59 Å². The van der Waals surface area contributed by atoms with E-state index in [1.165, 1.54) is 0 Å². The summed E-state index contributed by atoms with van der Waals surface area (Å²) >= 11 is 0. The van der Waals surface area contributed by atoms with Crippen LogP contribution in [-0.4, -0.2) is 44.2 Å². The van der Waals surface area contributed by atoms with Gasteiger partial charge in [0.1, 0.15) is 5.75 Å². The van der Waals surface area contributed by atoms with Gasteiger partial charge in [0.25, 0.3) is 0 Å². The van der Waals surface area contributed by atoms with E-state index in [2.05, 4.69) is 0 Å². The largest absolute Gasteiger partial charge is 0.497 e. The maximum atomic E-state index is 12.0. The molecule has 0 unspecified atom stereocenters. The predicted molar refractivity (Wildman–Crippen MR) is 75.5 cm³/mol. The summed E-state index contributed by atoms with van der Waals surface area (Å²) in [5, 5.41) is 8.82. The second-order valence-electron chi connectivity index (χ2n) is 4.69. The summed E-state index contributed by atoms with van der Waals surface area (Å²) in [6, 6.07) is 5.48. The van der Waals surface area contributed by atoms with E-state index in [-0.39, 0.29) is 12.3 Å². The number of hydrogen-bond donors (Lipinski definition) is 1. The highest BCUT2D eigenvalue weighted by Gasteiger charge is 2.24. The van der Waals surface area contributed by atoms with E-state index in [1.807, 2.05) is 17.0 Å². The van der Waals surface area contributed by atoms with Gasteiger partial charge < -0.3 is 19.6 Å². The zero-order valence-electron chi connectivity index (χ0n) is 11.6. The molecule has 0 spiro atoms. The number of benzene rings is 1. The molecule has 0 fully saturated rings. The number of fused-ring (bicyclic) bond motifs is 1. The molecule has 1 aromatic carbocycles. The van der Waals surface area contributed by atoms with Crippen molar-refractivity contribution in [2.75, 3.05) is 37.0 Å². The molecule has 0 bridgehead atoms. The number of ether oxygens (including phenoxy) is 1. The first-order valence-electron chi connectivity index (χ1n) is 6.44. The Labute approximate surface area is 117 Å². The van der Waals surface area contributed by atoms with E-state index >= 15 is 0 Å². The fraction of sp³-hybridized carbons (Fsp3) is 0.429. The van der Waals surface area contributed by atoms with Gasteiger partial charge in [0.2, 0.25) is 5.91 Å². The van der Waals surface area contributed by atoms with Crippen molar-refractivity contribution in [3.8, 4) is 5.75 Å². The molecule has 1 aliphatic heterocycles. The minimum atomic E-state index is -0.844. The average molecular weight is 278 g/mol. The Morgan fingerprint density at radius 1 is 1.40 bits per heavy atom. The number of amides is 1. The number of anilines is 2. The van der Waals surface area contributed by atoms with Crippen molar-refractivity contribution in [2.24, 2.45) is 0 Å². The smallest absolute Gasteiger partial charge is 0.305 e. The van der Waals surface area contributed by atoms with Crippen molar-refractivity contribution in [1.82, 2.24) is 0 Å². The molecule has 6 heteroatoms. The third-order valence-corrected chi connectivity index (χ3v) is 3.45. The van der Waals surface area contributed by atoms with Crippen molar-refractivity contribution in [2.45, 2.75) is 12.8 Å². The molecule has 0 atom stereocenters. The number of rotatable bonds is 4. The first kappa shape index (κ1) is 14.2. The Hall–Kier alpha value is -2.24. The standard InChI is InChI=1S/C14H18N2O4/c1-15-12-9-10(20-2)3-4-11(12)16(7-5-13(15)17)8-6-14(18)19/h3-4,9H,5-8H2,1-2H3,(H,18,19). The molecule has 1 heterocycles. The van der Waals surface area contributed by atoms with Gasteiger partial charge in [0.05, 0.1) is 24.9 Å². The van der Waals surface area contributed by atoms with Crippen LogP contribution in [-0.2, 0) is 9.59 Å². The molecule has 1 aromatic rings. The highest BCUT2D eigenvalue weighted by Crippen LogP contribution is 2.35. The molecule has 1 N–H and O–H groups in total. The molecule has 108 valence electrons. The zero-order valence-corrected chi connectivity index (χ0v) is 11.6. The van der Waals surface area contributed by atoms with Gasteiger partial charge in [-0.2, -0.15) is 0 Å². The van der Waals surface area contributed by atoms with E-state index in [4.69, 9.17) is 9.84 Å². The van der Waals surface area contributed by atoms with Crippen LogP contribution in [0.2, 0.25) is 0 Å². The van der Waals surface area contributed by atoms with Gasteiger partial charge in [-0.25, -0.2) is 0 Å². The zero-order chi connectivity index (χ0) is 14.7. The molecule has 0 saturated heterocycles. The van der Waals surface area contributed by atoms with Crippen LogP contribution in [0.4, 0.5) is 11.4 Å². The number of nitrogens with zero attached hydrogens (tertiary/aromatic N) is 2. The van der Waals surface area contributed by atoms with Gasteiger partial charge in [-0.3, -0.25) is 9.59 Å². The van der Waals surface area contributed by atoms with Crippen molar-refractivity contribution < 1.29 is 19.4 Å². The molecule has 0 aromatic heterocycles. The lowest BCUT2D eigenvalue weighted by atomic mass is 10.2. The lowest BCUT2D eigenvalue weighted by molar-refractivity contribution is -0.136. The van der Waals surface area contributed by atoms with Crippen LogP contribution < -0.4 is 14.5 Å². The van der Waals surface area contributed by atoms with Crippen LogP contribution in [0.5, 0.6) is 5.75 Å². The molecule has 0 saturated carbocycles. The van der Waals surface area contributed by atoms with Crippen molar-refractivity contribution >= 4 is 23.3 Å². The normalized spacial score (nSPS) is 14.8. The third-order valence-electron chi connectivity index (χ3n) is 3.45. The second kappa shape index (κ2) is 5.81. The summed E-state index contributed by atoms with van der Waals surface area (Å²) in [5.41, 5.74) is 1.61. The number of carboxylic acids is 1. The molecule has 20 heavy (non-hydrogen) atoms. The summed E-state index contributed by atoms with van der Waals surface area (Å²) in [6.07, 6.45) is 0.413. The topological polar surface area (TPSA) is 70.1 Å². The Balaban J connectivity index is 2.37. The highest BCUT2D eigenvalue weighted by molar-refractivity contribution is 5.98. The lowest BCUT2D eigenvalue weighted by Crippen LogP contribution is -2.27. The summed E-state index contributed by atoms with van der Waals surface area (Å²) in [7, 11) is 3.30. The van der Waals surface area contributed by atoms with Gasteiger partial charge in [0.15, 0.2) is 0 Å². The number of hydrogen-bond acceptors (Lipinski definition) is 4. The Morgan fingerprint density at radius 2 is 2.15 bits per heavy atom. The highest BCUT2D eigenvalue weighted by atomic mass is 16.5. The summed E-state index contributed by atoms with van der Waals surface area (Å²) < 4.78 is 5.19. The maximum absolute atomic E-state index is 12.0. The summed E-state index contributed by atoms with van der Waals surface area (Å²) in [4.78, 5) is 26.3. The van der Waals surface area contributed by atoms with Gasteiger partial charge in [-0.15, -0.1) is 0 Å². The number of carbonyl (C=O) groups excluding carboxylic acids is 1. The van der Waals surface area contributed by atoms with Crippen LogP contribution in [0.15, 0.2) is 18.2 Å². The van der Waals surface area contributed by atoms with Crippen LogP contribution in [0.1, 0.15) is 12.8 Å². The summed E-state index contributed by atoms with van der Waals surface area (Å²) in [5.74, 6) is -0.162. The van der Waals surface area contributed by atoms with Crippen molar-refractivity contribution in [1.29, 1.82) is 0 Å². The molecule has 2 rings (SSSR count).